The molecule has 0 aliphatic carbocycles. The molecule has 1 atom stereocenters. The molecule has 30 heavy (non-hydrogen) atoms. The van der Waals surface area contributed by atoms with Crippen molar-refractivity contribution in [3.8, 4) is 0 Å². The minimum atomic E-state index is 0.120. The molecule has 2 aliphatic rings. The van der Waals surface area contributed by atoms with Crippen molar-refractivity contribution in [1.29, 1.82) is 0 Å². The van der Waals surface area contributed by atoms with E-state index in [9.17, 15) is 4.79 Å². The third-order valence-corrected chi connectivity index (χ3v) is 6.42. The molecule has 2 aromatic heterocycles. The van der Waals surface area contributed by atoms with Gasteiger partial charge >= 0.3 is 0 Å². The normalized spacial score (nSPS) is 20.3. The second-order valence-corrected chi connectivity index (χ2v) is 8.43. The van der Waals surface area contributed by atoms with Crippen molar-refractivity contribution in [3.05, 3.63) is 72.1 Å². The van der Waals surface area contributed by atoms with Gasteiger partial charge in [0.25, 0.3) is 0 Å². The number of fused-ring (bicyclic) bond motifs is 1. The zero-order valence-corrected chi connectivity index (χ0v) is 17.3. The van der Waals surface area contributed by atoms with Crippen LogP contribution in [0, 0.1) is 5.92 Å². The van der Waals surface area contributed by atoms with Gasteiger partial charge in [-0.25, -0.2) is 4.98 Å². The van der Waals surface area contributed by atoms with Crippen LogP contribution in [0.5, 0.6) is 0 Å². The van der Waals surface area contributed by atoms with Crippen molar-refractivity contribution in [1.82, 2.24) is 19.8 Å². The highest BCUT2D eigenvalue weighted by Crippen LogP contribution is 2.29. The molecule has 1 amide bonds. The Balaban J connectivity index is 1.23. The van der Waals surface area contributed by atoms with Crippen LogP contribution in [0.2, 0.25) is 0 Å². The van der Waals surface area contributed by atoms with Crippen molar-refractivity contribution in [2.75, 3.05) is 26.2 Å². The molecular weight excluding hydrogens is 372 g/mol. The first-order valence-electron chi connectivity index (χ1n) is 10.9. The summed E-state index contributed by atoms with van der Waals surface area (Å²) in [6.45, 7) is 4.39. The van der Waals surface area contributed by atoms with Crippen LogP contribution in [0.4, 0.5) is 0 Å². The molecule has 1 unspecified atom stereocenters. The Morgan fingerprint density at radius 3 is 2.87 bits per heavy atom. The summed E-state index contributed by atoms with van der Waals surface area (Å²) in [4.78, 5) is 25.3. The van der Waals surface area contributed by atoms with E-state index in [0.717, 1.165) is 56.5 Å². The second-order valence-electron chi connectivity index (χ2n) is 8.43. The summed E-state index contributed by atoms with van der Waals surface area (Å²) < 4.78 is 0. The number of carbonyl (C=O) groups is 1. The standard InChI is InChI=1S/C25H28N4O/c30-25(21-8-5-13-28(18-21)17-19-6-2-1-3-7-19)29-14-10-20(11-15-29)23-16-27-24-22(23)9-4-12-26-24/h1-4,6-7,9-10,12,16,21H,5,8,11,13-15,17-18H2,(H,26,27). The van der Waals surface area contributed by atoms with Gasteiger partial charge in [0.2, 0.25) is 5.91 Å². The van der Waals surface area contributed by atoms with Gasteiger partial charge in [-0.3, -0.25) is 9.69 Å². The molecule has 154 valence electrons. The van der Waals surface area contributed by atoms with Crippen LogP contribution in [0.1, 0.15) is 30.4 Å². The number of H-pyrrole nitrogens is 1. The Bertz CT molecular complexity index is 1060. The highest BCUT2D eigenvalue weighted by atomic mass is 16.2. The minimum Gasteiger partial charge on any atom is -0.346 e. The average Bonchev–Trinajstić information content (AvgIpc) is 3.24. The zero-order valence-electron chi connectivity index (χ0n) is 17.3. The molecular formula is C25H28N4O. The van der Waals surface area contributed by atoms with Gasteiger partial charge in [0, 0.05) is 49.5 Å². The molecule has 0 radical (unpaired) electrons. The lowest BCUT2D eigenvalue weighted by Crippen LogP contribution is -2.45. The minimum absolute atomic E-state index is 0.120. The fourth-order valence-electron chi connectivity index (χ4n) is 4.84. The molecule has 0 saturated carbocycles. The van der Waals surface area contributed by atoms with Gasteiger partial charge in [-0.1, -0.05) is 36.4 Å². The summed E-state index contributed by atoms with van der Waals surface area (Å²) in [5, 5.41) is 1.16. The smallest absolute Gasteiger partial charge is 0.227 e. The van der Waals surface area contributed by atoms with Crippen LogP contribution in [-0.4, -0.2) is 51.9 Å². The molecule has 5 nitrogen and oxygen atoms in total. The van der Waals surface area contributed by atoms with Crippen molar-refractivity contribution in [2.45, 2.75) is 25.8 Å². The van der Waals surface area contributed by atoms with E-state index in [1.54, 1.807) is 0 Å². The average molecular weight is 401 g/mol. The van der Waals surface area contributed by atoms with Gasteiger partial charge in [0.05, 0.1) is 5.92 Å². The number of pyridine rings is 1. The van der Waals surface area contributed by atoms with Crippen LogP contribution in [-0.2, 0) is 11.3 Å². The number of carbonyl (C=O) groups excluding carboxylic acids is 1. The highest BCUT2D eigenvalue weighted by molar-refractivity contribution is 5.91. The molecule has 1 saturated heterocycles. The maximum atomic E-state index is 13.2. The number of hydrogen-bond acceptors (Lipinski definition) is 3. The van der Waals surface area contributed by atoms with Gasteiger partial charge in [-0.2, -0.15) is 0 Å². The number of amides is 1. The number of hydrogen-bond donors (Lipinski definition) is 1. The number of rotatable bonds is 4. The van der Waals surface area contributed by atoms with Gasteiger partial charge in [0.1, 0.15) is 5.65 Å². The lowest BCUT2D eigenvalue weighted by Gasteiger charge is -2.36. The first-order chi connectivity index (χ1) is 14.8. The molecule has 0 bridgehead atoms. The summed E-state index contributed by atoms with van der Waals surface area (Å²) in [7, 11) is 0. The Hall–Kier alpha value is -2.92. The number of nitrogens with zero attached hydrogens (tertiary/aromatic N) is 3. The number of benzene rings is 1. The van der Waals surface area contributed by atoms with Crippen LogP contribution in [0.15, 0.2) is 60.9 Å². The summed E-state index contributed by atoms with van der Waals surface area (Å²) in [5.74, 6) is 0.443. The zero-order chi connectivity index (χ0) is 20.3. The van der Waals surface area contributed by atoms with E-state index in [2.05, 4.69) is 57.3 Å². The van der Waals surface area contributed by atoms with Gasteiger partial charge < -0.3 is 9.88 Å². The Kier molecular flexibility index (Phi) is 5.37. The molecule has 3 aromatic rings. The Morgan fingerprint density at radius 2 is 2.03 bits per heavy atom. The molecule has 1 fully saturated rings. The number of aromatic nitrogens is 2. The quantitative estimate of drug-likeness (QED) is 0.718. The van der Waals surface area contributed by atoms with E-state index < -0.39 is 0 Å². The molecule has 2 aliphatic heterocycles. The fraction of sp³-hybridized carbons (Fsp3) is 0.360. The number of nitrogens with one attached hydrogen (secondary N) is 1. The first-order valence-corrected chi connectivity index (χ1v) is 10.9. The van der Waals surface area contributed by atoms with Gasteiger partial charge in [0.15, 0.2) is 0 Å². The van der Waals surface area contributed by atoms with Crippen molar-refractivity contribution < 1.29 is 4.79 Å². The molecule has 1 N–H and O–H groups in total. The molecule has 5 rings (SSSR count). The number of likely N-dealkylation sites (tertiary alicyclic amines) is 1. The molecule has 5 heteroatoms. The van der Waals surface area contributed by atoms with E-state index in [4.69, 9.17) is 0 Å². The second kappa shape index (κ2) is 8.44. The number of aromatic amines is 1. The number of piperidine rings is 1. The summed E-state index contributed by atoms with van der Waals surface area (Å²) in [6, 6.07) is 14.6. The summed E-state index contributed by atoms with van der Waals surface area (Å²) in [6.07, 6.45) is 9.08. The van der Waals surface area contributed by atoms with E-state index in [0.29, 0.717) is 12.5 Å². The van der Waals surface area contributed by atoms with Gasteiger partial charge in [-0.05, 0) is 49.1 Å². The maximum absolute atomic E-state index is 13.2. The summed E-state index contributed by atoms with van der Waals surface area (Å²) in [5.41, 5.74) is 4.78. The van der Waals surface area contributed by atoms with Crippen LogP contribution in [0.3, 0.4) is 0 Å². The lowest BCUT2D eigenvalue weighted by atomic mass is 9.94. The maximum Gasteiger partial charge on any atom is 0.227 e. The van der Waals surface area contributed by atoms with Crippen LogP contribution in [0.25, 0.3) is 16.6 Å². The lowest BCUT2D eigenvalue weighted by molar-refractivity contribution is -0.137. The van der Waals surface area contributed by atoms with E-state index in [-0.39, 0.29) is 5.92 Å². The van der Waals surface area contributed by atoms with Crippen LogP contribution < -0.4 is 0 Å². The Labute approximate surface area is 177 Å². The monoisotopic (exact) mass is 400 g/mol. The van der Waals surface area contributed by atoms with Crippen molar-refractivity contribution in [3.63, 3.8) is 0 Å². The highest BCUT2D eigenvalue weighted by Gasteiger charge is 2.30. The Morgan fingerprint density at radius 1 is 1.13 bits per heavy atom. The largest absolute Gasteiger partial charge is 0.346 e. The molecule has 0 spiro atoms. The first kappa shape index (κ1) is 19.1. The molecule has 4 heterocycles. The topological polar surface area (TPSA) is 52.2 Å². The van der Waals surface area contributed by atoms with Gasteiger partial charge in [-0.15, -0.1) is 0 Å². The fourth-order valence-corrected chi connectivity index (χ4v) is 4.84. The van der Waals surface area contributed by atoms with Crippen LogP contribution >= 0.6 is 0 Å². The predicted molar refractivity (Wildman–Crippen MR) is 120 cm³/mol. The van der Waals surface area contributed by atoms with E-state index in [1.807, 2.05) is 23.4 Å². The van der Waals surface area contributed by atoms with Crippen molar-refractivity contribution in [2.24, 2.45) is 5.92 Å². The third kappa shape index (κ3) is 3.90. The van der Waals surface area contributed by atoms with Crippen molar-refractivity contribution >= 4 is 22.5 Å². The summed E-state index contributed by atoms with van der Waals surface area (Å²) >= 11 is 0. The SMILES string of the molecule is O=C(C1CCCN(Cc2ccccc2)C1)N1CC=C(c2c[nH]c3ncccc23)CC1. The van der Waals surface area contributed by atoms with E-state index in [1.165, 1.54) is 16.7 Å². The van der Waals surface area contributed by atoms with E-state index >= 15 is 0 Å². The predicted octanol–water partition coefficient (Wildman–Crippen LogP) is 4.09. The third-order valence-electron chi connectivity index (χ3n) is 6.42. The molecule has 1 aromatic carbocycles.